The maximum Gasteiger partial charge on any atom is 0.323 e. The predicted molar refractivity (Wildman–Crippen MR) is 116 cm³/mol. The van der Waals surface area contributed by atoms with Crippen LogP contribution in [-0.4, -0.2) is 35.4 Å². The lowest BCUT2D eigenvalue weighted by atomic mass is 9.85. The van der Waals surface area contributed by atoms with Gasteiger partial charge in [-0.25, -0.2) is 4.39 Å². The Hall–Kier alpha value is -2.97. The quantitative estimate of drug-likeness (QED) is 0.519. The number of Topliss-reactive ketones (excluding diaryl/α,β-unsaturated/α-hetero) is 1. The Morgan fingerprint density at radius 1 is 1.19 bits per heavy atom. The molecule has 2 aromatic carbocycles. The fraction of sp³-hybridized carbons (Fsp3) is 0.348. The van der Waals surface area contributed by atoms with Crippen LogP contribution in [0.5, 0.6) is 5.75 Å². The first-order valence-electron chi connectivity index (χ1n) is 9.96. The molecule has 0 spiro atoms. The largest absolute Gasteiger partial charge is 0.484 e. The maximum atomic E-state index is 13.5. The number of halogens is 2. The molecular weight excluding hydrogens is 439 g/mol. The topological polar surface area (TPSA) is 108 Å². The van der Waals surface area contributed by atoms with Gasteiger partial charge in [0.15, 0.2) is 11.9 Å². The Kier molecular flexibility index (Phi) is 6.57. The molecule has 9 heteroatoms. The number of carbonyl (C=O) groups excluding carboxylic acids is 3. The van der Waals surface area contributed by atoms with Crippen LogP contribution in [0.4, 0.5) is 4.39 Å². The zero-order valence-electron chi connectivity index (χ0n) is 18.1. The third-order valence-corrected chi connectivity index (χ3v) is 5.49. The van der Waals surface area contributed by atoms with Gasteiger partial charge < -0.3 is 20.5 Å². The van der Waals surface area contributed by atoms with Crippen LogP contribution >= 0.6 is 11.6 Å². The van der Waals surface area contributed by atoms with Crippen molar-refractivity contribution < 1.29 is 28.2 Å². The fourth-order valence-corrected chi connectivity index (χ4v) is 3.65. The Morgan fingerprint density at radius 3 is 2.44 bits per heavy atom. The van der Waals surface area contributed by atoms with Crippen molar-refractivity contribution in [3.63, 3.8) is 0 Å². The van der Waals surface area contributed by atoms with Crippen molar-refractivity contribution in [1.29, 1.82) is 0 Å². The highest BCUT2D eigenvalue weighted by atomic mass is 35.5. The summed E-state index contributed by atoms with van der Waals surface area (Å²) in [6, 6.07) is 6.62. The van der Waals surface area contributed by atoms with Gasteiger partial charge in [0.25, 0.3) is 5.91 Å². The standard InChI is InChI=1S/C23H24ClFN2O5/c1-11(26)22(30)31-20-19(27-21(29)14-5-7-17(25)16(24)10-14)15-9-13(12(2)28)6-8-18(15)32-23(20,3)4/h5-11,19-20H,26H2,1-4H3,(H,27,29)/t11-,19-,20-/m0/s1. The third kappa shape index (κ3) is 4.76. The lowest BCUT2D eigenvalue weighted by Crippen LogP contribution is -2.56. The summed E-state index contributed by atoms with van der Waals surface area (Å²) >= 11 is 5.82. The van der Waals surface area contributed by atoms with Crippen LogP contribution < -0.4 is 15.8 Å². The molecule has 0 saturated carbocycles. The predicted octanol–water partition coefficient (Wildman–Crippen LogP) is 3.58. The van der Waals surface area contributed by atoms with Gasteiger partial charge in [-0.2, -0.15) is 0 Å². The molecular formula is C23H24ClFN2O5. The number of hydrogen-bond acceptors (Lipinski definition) is 6. The van der Waals surface area contributed by atoms with Crippen molar-refractivity contribution in [3.05, 3.63) is 63.9 Å². The first-order chi connectivity index (χ1) is 14.9. The highest BCUT2D eigenvalue weighted by Crippen LogP contribution is 2.42. The second-order valence-electron chi connectivity index (χ2n) is 8.24. The van der Waals surface area contributed by atoms with E-state index in [0.717, 1.165) is 6.07 Å². The van der Waals surface area contributed by atoms with Crippen molar-refractivity contribution in [2.24, 2.45) is 5.73 Å². The minimum Gasteiger partial charge on any atom is -0.484 e. The van der Waals surface area contributed by atoms with Crippen LogP contribution in [0.15, 0.2) is 36.4 Å². The van der Waals surface area contributed by atoms with Gasteiger partial charge in [-0.15, -0.1) is 0 Å². The van der Waals surface area contributed by atoms with E-state index in [-0.39, 0.29) is 16.4 Å². The molecule has 2 aromatic rings. The fourth-order valence-electron chi connectivity index (χ4n) is 3.47. The normalized spacial score (nSPS) is 19.8. The van der Waals surface area contributed by atoms with Crippen molar-refractivity contribution in [1.82, 2.24) is 5.32 Å². The Labute approximate surface area is 190 Å². The molecule has 0 saturated heterocycles. The number of nitrogens with two attached hydrogens (primary N) is 1. The summed E-state index contributed by atoms with van der Waals surface area (Å²) in [6.45, 7) is 6.32. The molecule has 3 atom stereocenters. The van der Waals surface area contributed by atoms with E-state index in [0.29, 0.717) is 16.9 Å². The molecule has 0 radical (unpaired) electrons. The van der Waals surface area contributed by atoms with E-state index in [2.05, 4.69) is 5.32 Å². The third-order valence-electron chi connectivity index (χ3n) is 5.20. The summed E-state index contributed by atoms with van der Waals surface area (Å²) in [7, 11) is 0. The number of nitrogens with one attached hydrogen (secondary N) is 1. The minimum absolute atomic E-state index is 0.113. The lowest BCUT2D eigenvalue weighted by molar-refractivity contribution is -0.166. The molecule has 0 aliphatic carbocycles. The molecule has 3 N–H and O–H groups in total. The highest BCUT2D eigenvalue weighted by Gasteiger charge is 2.47. The Balaban J connectivity index is 2.07. The van der Waals surface area contributed by atoms with E-state index in [1.54, 1.807) is 32.0 Å². The monoisotopic (exact) mass is 462 g/mol. The SMILES string of the molecule is CC(=O)c1ccc2c(c1)[C@H](NC(=O)c1ccc(F)c(Cl)c1)[C@H](OC(=O)[C@H](C)N)C(C)(C)O2. The van der Waals surface area contributed by atoms with Crippen LogP contribution in [0.1, 0.15) is 60.0 Å². The molecule has 1 aliphatic heterocycles. The number of ether oxygens (including phenoxy) is 2. The first-order valence-corrected chi connectivity index (χ1v) is 10.3. The highest BCUT2D eigenvalue weighted by molar-refractivity contribution is 6.31. The molecule has 0 unspecified atom stereocenters. The number of hydrogen-bond donors (Lipinski definition) is 2. The second kappa shape index (κ2) is 8.88. The molecule has 0 aromatic heterocycles. The van der Waals surface area contributed by atoms with E-state index in [1.807, 2.05) is 0 Å². The molecule has 170 valence electrons. The summed E-state index contributed by atoms with van der Waals surface area (Å²) in [5.74, 6) is -1.67. The number of amides is 1. The zero-order chi connectivity index (χ0) is 23.8. The van der Waals surface area contributed by atoms with Gasteiger partial charge in [0.05, 0.1) is 11.1 Å². The summed E-state index contributed by atoms with van der Waals surface area (Å²) in [5.41, 5.74) is 5.59. The van der Waals surface area contributed by atoms with Crippen LogP contribution in [-0.2, 0) is 9.53 Å². The average molecular weight is 463 g/mol. The van der Waals surface area contributed by atoms with E-state index in [1.165, 1.54) is 26.0 Å². The van der Waals surface area contributed by atoms with E-state index in [9.17, 15) is 18.8 Å². The van der Waals surface area contributed by atoms with E-state index < -0.39 is 41.5 Å². The molecule has 7 nitrogen and oxygen atoms in total. The summed E-state index contributed by atoms with van der Waals surface area (Å²) in [6.07, 6.45) is -0.976. The molecule has 1 heterocycles. The van der Waals surface area contributed by atoms with Gasteiger partial charge in [0, 0.05) is 16.7 Å². The molecule has 1 amide bonds. The molecule has 0 bridgehead atoms. The summed E-state index contributed by atoms with van der Waals surface area (Å²) < 4.78 is 25.2. The van der Waals surface area contributed by atoms with Crippen molar-refractivity contribution in [2.45, 2.75) is 51.5 Å². The summed E-state index contributed by atoms with van der Waals surface area (Å²) in [4.78, 5) is 37.3. The number of fused-ring (bicyclic) bond motifs is 1. The van der Waals surface area contributed by atoms with Crippen LogP contribution in [0.25, 0.3) is 0 Å². The van der Waals surface area contributed by atoms with Gasteiger partial charge in [-0.1, -0.05) is 11.6 Å². The molecule has 1 aliphatic rings. The number of rotatable bonds is 5. The molecule has 0 fully saturated rings. The zero-order valence-corrected chi connectivity index (χ0v) is 18.8. The molecule has 3 rings (SSSR count). The smallest absolute Gasteiger partial charge is 0.323 e. The van der Waals surface area contributed by atoms with E-state index >= 15 is 0 Å². The Bertz CT molecular complexity index is 1090. The van der Waals surface area contributed by atoms with E-state index in [4.69, 9.17) is 26.8 Å². The molecule has 32 heavy (non-hydrogen) atoms. The van der Waals surface area contributed by atoms with Gasteiger partial charge in [-0.05, 0) is 64.1 Å². The lowest BCUT2D eigenvalue weighted by Gasteiger charge is -2.44. The van der Waals surface area contributed by atoms with Gasteiger partial charge in [0.2, 0.25) is 0 Å². The van der Waals surface area contributed by atoms with Crippen molar-refractivity contribution in [2.75, 3.05) is 0 Å². The minimum atomic E-state index is -1.05. The van der Waals surface area contributed by atoms with Crippen LogP contribution in [0.3, 0.4) is 0 Å². The van der Waals surface area contributed by atoms with Crippen molar-refractivity contribution in [3.8, 4) is 5.75 Å². The van der Waals surface area contributed by atoms with Crippen LogP contribution in [0, 0.1) is 5.82 Å². The van der Waals surface area contributed by atoms with Gasteiger partial charge in [-0.3, -0.25) is 14.4 Å². The first kappa shape index (κ1) is 23.7. The van der Waals surface area contributed by atoms with Gasteiger partial charge in [0.1, 0.15) is 23.2 Å². The number of benzene rings is 2. The van der Waals surface area contributed by atoms with Crippen molar-refractivity contribution >= 4 is 29.3 Å². The number of esters is 1. The second-order valence-corrected chi connectivity index (χ2v) is 8.65. The average Bonchev–Trinajstić information content (AvgIpc) is 2.71. The number of carbonyl (C=O) groups is 3. The summed E-state index contributed by atoms with van der Waals surface area (Å²) in [5, 5.41) is 2.62. The van der Waals surface area contributed by atoms with Crippen LogP contribution in [0.2, 0.25) is 5.02 Å². The van der Waals surface area contributed by atoms with Gasteiger partial charge >= 0.3 is 5.97 Å². The number of ketones is 1. The Morgan fingerprint density at radius 2 is 1.84 bits per heavy atom. The maximum absolute atomic E-state index is 13.5.